The quantitative estimate of drug-likeness (QED) is 0.446. The molecule has 4 rings (SSSR count). The smallest absolute Gasteiger partial charge is 0.263 e. The molecule has 2 heterocycles. The first-order valence-corrected chi connectivity index (χ1v) is 11.5. The number of aromatic nitrogens is 2. The van der Waals surface area contributed by atoms with Gasteiger partial charge in [-0.1, -0.05) is 36.9 Å². The molecule has 0 saturated carbocycles. The van der Waals surface area contributed by atoms with Crippen LogP contribution in [0.4, 0.5) is 0 Å². The highest BCUT2D eigenvalue weighted by Crippen LogP contribution is 2.35. The van der Waals surface area contributed by atoms with Crippen molar-refractivity contribution in [1.82, 2.24) is 9.55 Å². The summed E-state index contributed by atoms with van der Waals surface area (Å²) in [5, 5.41) is 11.8. The van der Waals surface area contributed by atoms with E-state index in [2.05, 4.69) is 6.92 Å². The molecule has 7 heteroatoms. The predicted octanol–water partition coefficient (Wildman–Crippen LogP) is 3.89. The maximum Gasteiger partial charge on any atom is 0.263 e. The lowest BCUT2D eigenvalue weighted by atomic mass is 10.2. The number of ether oxygens (including phenoxy) is 1. The summed E-state index contributed by atoms with van der Waals surface area (Å²) in [5.41, 5.74) is 1.29. The summed E-state index contributed by atoms with van der Waals surface area (Å²) in [7, 11) is 0. The highest BCUT2D eigenvalue weighted by molar-refractivity contribution is 7.99. The Kier molecular flexibility index (Phi) is 6.04. The molecule has 148 valence electrons. The van der Waals surface area contributed by atoms with Crippen LogP contribution in [0.3, 0.4) is 0 Å². The third-order valence-corrected chi connectivity index (χ3v) is 7.13. The second kappa shape index (κ2) is 8.68. The average molecular weight is 417 g/mol. The maximum atomic E-state index is 13.1. The molecule has 1 aliphatic rings. The molecule has 1 aliphatic carbocycles. The number of para-hydroxylation sites is 1. The summed E-state index contributed by atoms with van der Waals surface area (Å²) in [4.78, 5) is 20.1. The molecule has 0 saturated heterocycles. The Hall–Kier alpha value is -1.83. The van der Waals surface area contributed by atoms with Crippen LogP contribution in [0.15, 0.2) is 40.3 Å². The van der Waals surface area contributed by atoms with E-state index in [9.17, 15) is 9.90 Å². The SMILES string of the molecule is CCCn1c(SC[C@@H](O)COc2ccccc2)nc2sc3c(c2c1=O)CCC3. The van der Waals surface area contributed by atoms with Crippen molar-refractivity contribution in [3.8, 4) is 5.75 Å². The molecule has 0 radical (unpaired) electrons. The zero-order valence-electron chi connectivity index (χ0n) is 15.9. The first-order valence-electron chi connectivity index (χ1n) is 9.71. The molecule has 0 bridgehead atoms. The van der Waals surface area contributed by atoms with E-state index in [1.807, 2.05) is 30.3 Å². The lowest BCUT2D eigenvalue weighted by Gasteiger charge is -2.14. The van der Waals surface area contributed by atoms with Gasteiger partial charge in [0.15, 0.2) is 5.16 Å². The summed E-state index contributed by atoms with van der Waals surface area (Å²) in [6.45, 7) is 2.92. The monoisotopic (exact) mass is 416 g/mol. The van der Waals surface area contributed by atoms with Crippen molar-refractivity contribution in [3.05, 3.63) is 51.1 Å². The summed E-state index contributed by atoms with van der Waals surface area (Å²) in [6, 6.07) is 9.46. The fourth-order valence-corrected chi connectivity index (χ4v) is 5.75. The lowest BCUT2D eigenvalue weighted by molar-refractivity contribution is 0.126. The zero-order valence-corrected chi connectivity index (χ0v) is 17.5. The second-order valence-electron chi connectivity index (χ2n) is 6.98. The number of thiophene rings is 1. The molecular formula is C21H24N2O3S2. The van der Waals surface area contributed by atoms with Crippen molar-refractivity contribution in [2.24, 2.45) is 0 Å². The van der Waals surface area contributed by atoms with Gasteiger partial charge in [-0.15, -0.1) is 11.3 Å². The number of hydrogen-bond acceptors (Lipinski definition) is 6. The molecule has 0 unspecified atom stereocenters. The van der Waals surface area contributed by atoms with Crippen molar-refractivity contribution in [2.45, 2.75) is 50.4 Å². The zero-order chi connectivity index (χ0) is 19.5. The van der Waals surface area contributed by atoms with Crippen LogP contribution in [0, 0.1) is 0 Å². The van der Waals surface area contributed by atoms with E-state index in [-0.39, 0.29) is 12.2 Å². The topological polar surface area (TPSA) is 64.3 Å². The Morgan fingerprint density at radius 3 is 2.93 bits per heavy atom. The van der Waals surface area contributed by atoms with Crippen LogP contribution in [0.1, 0.15) is 30.2 Å². The van der Waals surface area contributed by atoms with Gasteiger partial charge in [0.1, 0.15) is 17.2 Å². The fourth-order valence-electron chi connectivity index (χ4n) is 3.52. The van der Waals surface area contributed by atoms with Crippen LogP contribution < -0.4 is 10.3 Å². The number of benzene rings is 1. The molecule has 3 aromatic rings. The second-order valence-corrected chi connectivity index (χ2v) is 9.05. The van der Waals surface area contributed by atoms with Gasteiger partial charge in [-0.3, -0.25) is 9.36 Å². The highest BCUT2D eigenvalue weighted by atomic mass is 32.2. The van der Waals surface area contributed by atoms with Gasteiger partial charge in [-0.25, -0.2) is 4.98 Å². The van der Waals surface area contributed by atoms with Crippen molar-refractivity contribution in [2.75, 3.05) is 12.4 Å². The number of aliphatic hydroxyl groups excluding tert-OH is 1. The molecule has 5 nitrogen and oxygen atoms in total. The summed E-state index contributed by atoms with van der Waals surface area (Å²) in [5.74, 6) is 1.17. The first kappa shape index (κ1) is 19.5. The average Bonchev–Trinajstić information content (AvgIpc) is 3.29. The van der Waals surface area contributed by atoms with Crippen LogP contribution in [0.5, 0.6) is 5.75 Å². The van der Waals surface area contributed by atoms with E-state index in [1.165, 1.54) is 22.2 Å². The van der Waals surface area contributed by atoms with E-state index in [0.717, 1.165) is 41.6 Å². The van der Waals surface area contributed by atoms with Gasteiger partial charge in [0, 0.05) is 17.2 Å². The van der Waals surface area contributed by atoms with E-state index in [1.54, 1.807) is 15.9 Å². The predicted molar refractivity (Wildman–Crippen MR) is 115 cm³/mol. The number of fused-ring (bicyclic) bond motifs is 3. The van der Waals surface area contributed by atoms with Gasteiger partial charge in [0.05, 0.1) is 11.5 Å². The molecule has 1 N–H and O–H groups in total. The number of nitrogens with zero attached hydrogens (tertiary/aromatic N) is 2. The Bertz CT molecular complexity index is 1010. The lowest BCUT2D eigenvalue weighted by Crippen LogP contribution is -2.25. The van der Waals surface area contributed by atoms with E-state index >= 15 is 0 Å². The summed E-state index contributed by atoms with van der Waals surface area (Å²) >= 11 is 3.09. The van der Waals surface area contributed by atoms with E-state index in [4.69, 9.17) is 9.72 Å². The van der Waals surface area contributed by atoms with Crippen LogP contribution in [0.2, 0.25) is 0 Å². The Labute approximate surface area is 172 Å². The largest absolute Gasteiger partial charge is 0.491 e. The van der Waals surface area contributed by atoms with Gasteiger partial charge in [0.25, 0.3) is 5.56 Å². The first-order chi connectivity index (χ1) is 13.7. The number of rotatable bonds is 8. The van der Waals surface area contributed by atoms with Crippen molar-refractivity contribution < 1.29 is 9.84 Å². The van der Waals surface area contributed by atoms with Gasteiger partial charge in [-0.05, 0) is 43.4 Å². The number of hydrogen-bond donors (Lipinski definition) is 1. The fraction of sp³-hybridized carbons (Fsp3) is 0.429. The number of thioether (sulfide) groups is 1. The van der Waals surface area contributed by atoms with Crippen LogP contribution in [-0.4, -0.2) is 33.1 Å². The third-order valence-electron chi connectivity index (χ3n) is 4.83. The third kappa shape index (κ3) is 3.97. The minimum atomic E-state index is -0.638. The Morgan fingerprint density at radius 1 is 1.32 bits per heavy atom. The van der Waals surface area contributed by atoms with Crippen molar-refractivity contribution >= 4 is 33.3 Å². The standard InChI is InChI=1S/C21H24N2O3S2/c1-2-11-23-20(25)18-16-9-6-10-17(16)28-19(18)22-21(23)27-13-14(24)12-26-15-7-4-3-5-8-15/h3-5,7-8,14,24H,2,6,9-13H2,1H3/t14-/m0/s1. The normalized spacial score (nSPS) is 14.4. The van der Waals surface area contributed by atoms with Gasteiger partial charge in [0.2, 0.25) is 0 Å². The van der Waals surface area contributed by atoms with Crippen LogP contribution >= 0.6 is 23.1 Å². The molecule has 0 aliphatic heterocycles. The number of aryl methyl sites for hydroxylation is 2. The van der Waals surface area contributed by atoms with Crippen LogP contribution in [-0.2, 0) is 19.4 Å². The molecule has 2 aromatic heterocycles. The summed E-state index contributed by atoms with van der Waals surface area (Å²) in [6.07, 6.45) is 3.41. The highest BCUT2D eigenvalue weighted by Gasteiger charge is 2.23. The molecule has 1 aromatic carbocycles. The molecular weight excluding hydrogens is 392 g/mol. The molecule has 0 amide bonds. The van der Waals surface area contributed by atoms with Gasteiger partial charge >= 0.3 is 0 Å². The van der Waals surface area contributed by atoms with Crippen molar-refractivity contribution in [3.63, 3.8) is 0 Å². The molecule has 28 heavy (non-hydrogen) atoms. The Balaban J connectivity index is 1.51. The van der Waals surface area contributed by atoms with E-state index < -0.39 is 6.10 Å². The minimum absolute atomic E-state index is 0.0729. The molecule has 0 fully saturated rings. The van der Waals surface area contributed by atoms with Gasteiger partial charge < -0.3 is 9.84 Å². The number of aliphatic hydroxyl groups is 1. The molecule has 0 spiro atoms. The molecule has 1 atom stereocenters. The van der Waals surface area contributed by atoms with Crippen molar-refractivity contribution in [1.29, 1.82) is 0 Å². The van der Waals surface area contributed by atoms with Gasteiger partial charge in [-0.2, -0.15) is 0 Å². The Morgan fingerprint density at radius 2 is 2.14 bits per heavy atom. The summed E-state index contributed by atoms with van der Waals surface area (Å²) < 4.78 is 7.40. The minimum Gasteiger partial charge on any atom is -0.491 e. The van der Waals surface area contributed by atoms with Crippen LogP contribution in [0.25, 0.3) is 10.2 Å². The maximum absolute atomic E-state index is 13.1. The van der Waals surface area contributed by atoms with E-state index in [0.29, 0.717) is 17.5 Å².